The van der Waals surface area contributed by atoms with E-state index >= 15 is 0 Å². The van der Waals surface area contributed by atoms with Gasteiger partial charge in [0.05, 0.1) is 19.1 Å². The first-order chi connectivity index (χ1) is 10.7. The van der Waals surface area contributed by atoms with Crippen LogP contribution in [0.1, 0.15) is 20.8 Å². The Labute approximate surface area is 137 Å². The molecule has 0 aromatic heterocycles. The molecule has 0 fully saturated rings. The Balaban J connectivity index is 2.82. The lowest BCUT2D eigenvalue weighted by molar-refractivity contribution is -0.130. The van der Waals surface area contributed by atoms with E-state index < -0.39 is 10.0 Å². The predicted octanol–water partition coefficient (Wildman–Crippen LogP) is 1.24. The monoisotopic (exact) mass is 344 g/mol. The number of carbonyl (C=O) groups excluding carboxylic acids is 1. The van der Waals surface area contributed by atoms with E-state index in [1.54, 1.807) is 4.90 Å². The molecule has 0 saturated heterocycles. The highest BCUT2D eigenvalue weighted by Gasteiger charge is 2.18. The van der Waals surface area contributed by atoms with E-state index in [0.717, 1.165) is 0 Å². The van der Waals surface area contributed by atoms with Crippen molar-refractivity contribution < 1.29 is 22.7 Å². The SMILES string of the molecule is COc1ccc(S(=O)(=O)NCCN(C(C)=O)C(C)C)cc1OC. The summed E-state index contributed by atoms with van der Waals surface area (Å²) in [5.41, 5.74) is 0. The first kappa shape index (κ1) is 19.2. The van der Waals surface area contributed by atoms with Gasteiger partial charge in [-0.05, 0) is 26.0 Å². The molecular formula is C15H24N2O5S. The van der Waals surface area contributed by atoms with E-state index in [1.807, 2.05) is 13.8 Å². The number of nitrogens with one attached hydrogen (secondary N) is 1. The Kier molecular flexibility index (Phi) is 6.83. The highest BCUT2D eigenvalue weighted by atomic mass is 32.2. The van der Waals surface area contributed by atoms with Crippen molar-refractivity contribution in [1.82, 2.24) is 9.62 Å². The van der Waals surface area contributed by atoms with Gasteiger partial charge in [0, 0.05) is 32.1 Å². The third-order valence-corrected chi connectivity index (χ3v) is 4.80. The minimum atomic E-state index is -3.69. The van der Waals surface area contributed by atoms with E-state index in [9.17, 15) is 13.2 Å². The molecule has 0 saturated carbocycles. The van der Waals surface area contributed by atoms with Crippen LogP contribution in [0.15, 0.2) is 23.1 Å². The molecular weight excluding hydrogens is 320 g/mol. The molecule has 7 nitrogen and oxygen atoms in total. The zero-order valence-electron chi connectivity index (χ0n) is 14.1. The number of hydrogen-bond donors (Lipinski definition) is 1. The summed E-state index contributed by atoms with van der Waals surface area (Å²) in [5, 5.41) is 0. The molecule has 0 spiro atoms. The first-order valence-electron chi connectivity index (χ1n) is 7.21. The Morgan fingerprint density at radius 3 is 2.30 bits per heavy atom. The smallest absolute Gasteiger partial charge is 0.240 e. The van der Waals surface area contributed by atoms with Crippen molar-refractivity contribution in [3.05, 3.63) is 18.2 Å². The summed E-state index contributed by atoms with van der Waals surface area (Å²) in [7, 11) is -0.770. The van der Waals surface area contributed by atoms with E-state index in [0.29, 0.717) is 18.0 Å². The summed E-state index contributed by atoms with van der Waals surface area (Å²) in [6, 6.07) is 4.38. The lowest BCUT2D eigenvalue weighted by atomic mass is 10.3. The topological polar surface area (TPSA) is 84.9 Å². The fourth-order valence-corrected chi connectivity index (χ4v) is 3.18. The molecule has 0 bridgehead atoms. The summed E-state index contributed by atoms with van der Waals surface area (Å²) < 4.78 is 37.3. The number of hydrogen-bond acceptors (Lipinski definition) is 5. The zero-order valence-corrected chi connectivity index (χ0v) is 14.9. The summed E-state index contributed by atoms with van der Waals surface area (Å²) in [6.07, 6.45) is 0. The van der Waals surface area contributed by atoms with Crippen molar-refractivity contribution >= 4 is 15.9 Å². The zero-order chi connectivity index (χ0) is 17.6. The van der Waals surface area contributed by atoms with E-state index in [-0.39, 0.29) is 23.4 Å². The highest BCUT2D eigenvalue weighted by molar-refractivity contribution is 7.89. The molecule has 130 valence electrons. The van der Waals surface area contributed by atoms with Crippen LogP contribution >= 0.6 is 0 Å². The number of nitrogens with zero attached hydrogens (tertiary/aromatic N) is 1. The fraction of sp³-hybridized carbons (Fsp3) is 0.533. The molecule has 0 aliphatic carbocycles. The summed E-state index contributed by atoms with van der Waals surface area (Å²) >= 11 is 0. The van der Waals surface area contributed by atoms with Gasteiger partial charge < -0.3 is 14.4 Å². The van der Waals surface area contributed by atoms with Crippen LogP contribution < -0.4 is 14.2 Å². The van der Waals surface area contributed by atoms with Gasteiger partial charge in [0.15, 0.2) is 11.5 Å². The molecule has 0 aliphatic heterocycles. The number of amides is 1. The number of rotatable bonds is 8. The van der Waals surface area contributed by atoms with Crippen molar-refractivity contribution in [2.45, 2.75) is 31.7 Å². The number of ether oxygens (including phenoxy) is 2. The van der Waals surface area contributed by atoms with E-state index in [2.05, 4.69) is 4.72 Å². The number of methoxy groups -OCH3 is 2. The third-order valence-electron chi connectivity index (χ3n) is 3.34. The summed E-state index contributed by atoms with van der Waals surface area (Å²) in [5.74, 6) is 0.697. The summed E-state index contributed by atoms with van der Waals surface area (Å²) in [4.78, 5) is 13.2. The van der Waals surface area contributed by atoms with Crippen molar-refractivity contribution in [2.24, 2.45) is 0 Å². The van der Waals surface area contributed by atoms with Gasteiger partial charge in [-0.15, -0.1) is 0 Å². The molecule has 8 heteroatoms. The van der Waals surface area contributed by atoms with Crippen molar-refractivity contribution in [1.29, 1.82) is 0 Å². The van der Waals surface area contributed by atoms with E-state index in [4.69, 9.17) is 9.47 Å². The van der Waals surface area contributed by atoms with Gasteiger partial charge in [-0.3, -0.25) is 4.79 Å². The molecule has 0 unspecified atom stereocenters. The Hall–Kier alpha value is -1.80. The van der Waals surface area contributed by atoms with Crippen molar-refractivity contribution in [2.75, 3.05) is 27.3 Å². The average molecular weight is 344 g/mol. The van der Waals surface area contributed by atoms with Gasteiger partial charge in [0.25, 0.3) is 0 Å². The molecule has 0 aliphatic rings. The Morgan fingerprint density at radius 1 is 1.22 bits per heavy atom. The van der Waals surface area contributed by atoms with Crippen LogP contribution in [-0.4, -0.2) is 52.6 Å². The quantitative estimate of drug-likeness (QED) is 0.767. The summed E-state index contributed by atoms with van der Waals surface area (Å²) in [6.45, 7) is 5.66. The molecule has 1 amide bonds. The van der Waals surface area contributed by atoms with Gasteiger partial charge in [-0.2, -0.15) is 0 Å². The molecule has 1 rings (SSSR count). The van der Waals surface area contributed by atoms with Gasteiger partial charge >= 0.3 is 0 Å². The molecule has 0 radical (unpaired) electrons. The van der Waals surface area contributed by atoms with Gasteiger partial charge in [-0.1, -0.05) is 0 Å². The lowest BCUT2D eigenvalue weighted by Gasteiger charge is -2.25. The Morgan fingerprint density at radius 2 is 1.83 bits per heavy atom. The van der Waals surface area contributed by atoms with Crippen LogP contribution in [-0.2, 0) is 14.8 Å². The van der Waals surface area contributed by atoms with Crippen LogP contribution in [0.4, 0.5) is 0 Å². The van der Waals surface area contributed by atoms with E-state index in [1.165, 1.54) is 39.3 Å². The molecule has 1 N–H and O–H groups in total. The minimum Gasteiger partial charge on any atom is -0.493 e. The second-order valence-electron chi connectivity index (χ2n) is 5.22. The minimum absolute atomic E-state index is 0.0121. The number of sulfonamides is 1. The van der Waals surface area contributed by atoms with Crippen molar-refractivity contribution in [3.8, 4) is 11.5 Å². The van der Waals surface area contributed by atoms with Crippen LogP contribution in [0, 0.1) is 0 Å². The standard InChI is InChI=1S/C15H24N2O5S/c1-11(2)17(12(3)18)9-8-16-23(19,20)13-6-7-14(21-4)15(10-13)22-5/h6-7,10-11,16H,8-9H2,1-5H3. The molecule has 23 heavy (non-hydrogen) atoms. The Bertz CT molecular complexity index is 643. The molecule has 0 atom stereocenters. The number of carbonyl (C=O) groups is 1. The predicted molar refractivity (Wildman–Crippen MR) is 87.3 cm³/mol. The molecule has 1 aromatic carbocycles. The van der Waals surface area contributed by atoms with Gasteiger partial charge in [-0.25, -0.2) is 13.1 Å². The maximum Gasteiger partial charge on any atom is 0.240 e. The maximum atomic E-state index is 12.3. The lowest BCUT2D eigenvalue weighted by Crippen LogP contribution is -2.41. The maximum absolute atomic E-state index is 12.3. The largest absolute Gasteiger partial charge is 0.493 e. The molecule has 0 heterocycles. The van der Waals surface area contributed by atoms with Crippen LogP contribution in [0.25, 0.3) is 0 Å². The first-order valence-corrected chi connectivity index (χ1v) is 8.70. The number of benzene rings is 1. The second kappa shape index (κ2) is 8.16. The third kappa shape index (κ3) is 5.11. The van der Waals surface area contributed by atoms with Crippen LogP contribution in [0.5, 0.6) is 11.5 Å². The normalized spacial score (nSPS) is 11.4. The molecule has 1 aromatic rings. The average Bonchev–Trinajstić information content (AvgIpc) is 2.49. The second-order valence-corrected chi connectivity index (χ2v) is 6.99. The highest BCUT2D eigenvalue weighted by Crippen LogP contribution is 2.29. The van der Waals surface area contributed by atoms with Crippen LogP contribution in [0.3, 0.4) is 0 Å². The van der Waals surface area contributed by atoms with Gasteiger partial charge in [0.1, 0.15) is 0 Å². The van der Waals surface area contributed by atoms with Crippen LogP contribution in [0.2, 0.25) is 0 Å². The fourth-order valence-electron chi connectivity index (χ4n) is 2.15. The van der Waals surface area contributed by atoms with Gasteiger partial charge in [0.2, 0.25) is 15.9 Å². The van der Waals surface area contributed by atoms with Crippen molar-refractivity contribution in [3.63, 3.8) is 0 Å².